The van der Waals surface area contributed by atoms with Gasteiger partial charge in [-0.05, 0) is 58.1 Å². The van der Waals surface area contributed by atoms with E-state index in [9.17, 15) is 5.11 Å². The molecule has 1 fully saturated rings. The lowest BCUT2D eigenvalue weighted by Crippen LogP contribution is -2.43. The predicted molar refractivity (Wildman–Crippen MR) is 125 cm³/mol. The zero-order valence-electron chi connectivity index (χ0n) is 17.8. The van der Waals surface area contributed by atoms with Crippen LogP contribution >= 0.6 is 0 Å². The molecule has 0 radical (unpaired) electrons. The van der Waals surface area contributed by atoms with Gasteiger partial charge in [-0.1, -0.05) is 19.2 Å². The minimum Gasteiger partial charge on any atom is -0.390 e. The highest BCUT2D eigenvalue weighted by atomic mass is 16.3. The summed E-state index contributed by atoms with van der Waals surface area (Å²) in [6, 6.07) is 4.40. The number of aliphatic hydroxyl groups excluding tert-OH is 1. The van der Waals surface area contributed by atoms with Gasteiger partial charge in [-0.2, -0.15) is 0 Å². The Kier molecular flexibility index (Phi) is 9.18. The average Bonchev–Trinajstić information content (AvgIpc) is 2.73. The van der Waals surface area contributed by atoms with Crippen LogP contribution in [0.3, 0.4) is 0 Å². The van der Waals surface area contributed by atoms with E-state index in [1.165, 1.54) is 25.3 Å². The smallest absolute Gasteiger partial charge is 0.143 e. The number of nitrogens with zero attached hydrogens (tertiary/aromatic N) is 3. The normalized spacial score (nSPS) is 16.7. The Hall–Kier alpha value is -2.35. The summed E-state index contributed by atoms with van der Waals surface area (Å²) in [5.74, 6) is 0. The van der Waals surface area contributed by atoms with Crippen LogP contribution < -0.4 is 21.3 Å². The number of rotatable bonds is 11. The molecule has 1 aromatic carbocycles. The summed E-state index contributed by atoms with van der Waals surface area (Å²) in [4.78, 5) is 8.85. The first-order chi connectivity index (χ1) is 14.0. The number of likely N-dealkylation sites (tertiary alicyclic amines) is 1. The second-order valence-electron chi connectivity index (χ2n) is 7.35. The second kappa shape index (κ2) is 11.6. The number of piperidine rings is 1. The molecule has 1 atom stereocenters. The topological polar surface area (TPSA) is 89.1 Å². The Balaban J connectivity index is 2.20. The Bertz CT molecular complexity index is 697. The molecule has 1 heterocycles. The summed E-state index contributed by atoms with van der Waals surface area (Å²) in [6.07, 6.45) is 6.03. The Morgan fingerprint density at radius 1 is 1.38 bits per heavy atom. The minimum absolute atomic E-state index is 0.574. The van der Waals surface area contributed by atoms with Crippen LogP contribution in [0, 0.1) is 0 Å². The van der Waals surface area contributed by atoms with E-state index in [1.54, 1.807) is 0 Å². The first-order valence-corrected chi connectivity index (χ1v) is 10.3. The molecule has 0 amide bonds. The number of aliphatic imine (C=N–C) groups is 1. The number of aliphatic hydroxyl groups is 1. The molecule has 2 rings (SSSR count). The van der Waals surface area contributed by atoms with Crippen molar-refractivity contribution in [2.75, 3.05) is 50.0 Å². The van der Waals surface area contributed by atoms with E-state index < -0.39 is 6.23 Å². The van der Waals surface area contributed by atoms with Crippen molar-refractivity contribution in [3.8, 4) is 0 Å². The van der Waals surface area contributed by atoms with Crippen LogP contribution in [0.5, 0.6) is 0 Å². The molecule has 1 aromatic rings. The number of nitrogens with two attached hydrogens (primary N) is 1. The van der Waals surface area contributed by atoms with Crippen molar-refractivity contribution in [1.82, 2.24) is 10.2 Å². The maximum absolute atomic E-state index is 10.1. The molecule has 1 unspecified atom stereocenters. The zero-order chi connectivity index (χ0) is 21.2. The first kappa shape index (κ1) is 22.9. The van der Waals surface area contributed by atoms with Crippen molar-refractivity contribution < 1.29 is 5.11 Å². The Morgan fingerprint density at radius 3 is 2.69 bits per heavy atom. The Morgan fingerprint density at radius 2 is 2.10 bits per heavy atom. The molecule has 5 N–H and O–H groups in total. The fourth-order valence-corrected chi connectivity index (χ4v) is 3.68. The van der Waals surface area contributed by atoms with Crippen molar-refractivity contribution in [2.24, 2.45) is 10.7 Å². The number of likely N-dealkylation sites (N-methyl/N-ethyl adjacent to an activating group) is 1. The monoisotopic (exact) mass is 400 g/mol. The number of anilines is 2. The van der Waals surface area contributed by atoms with Crippen LogP contribution in [0.4, 0.5) is 17.1 Å². The first-order valence-electron chi connectivity index (χ1n) is 10.3. The SMILES string of the molecule is C=Cc1cc(N=CN)cc(NC(O)C=C)c1N(CC)CCNC1CCN(C)CC1. The fraction of sp³-hybridized carbons (Fsp3) is 0.500. The zero-order valence-corrected chi connectivity index (χ0v) is 17.8. The molecule has 29 heavy (non-hydrogen) atoms. The lowest BCUT2D eigenvalue weighted by molar-refractivity contribution is 0.235. The van der Waals surface area contributed by atoms with Crippen LogP contribution in [-0.2, 0) is 0 Å². The molecule has 0 aliphatic carbocycles. The summed E-state index contributed by atoms with van der Waals surface area (Å²) in [7, 11) is 2.18. The maximum Gasteiger partial charge on any atom is 0.143 e. The number of benzene rings is 1. The summed E-state index contributed by atoms with van der Waals surface area (Å²) < 4.78 is 0. The molecule has 0 bridgehead atoms. The van der Waals surface area contributed by atoms with E-state index >= 15 is 0 Å². The summed E-state index contributed by atoms with van der Waals surface area (Å²) >= 11 is 0. The molecule has 1 aliphatic rings. The molecule has 0 saturated carbocycles. The molecule has 160 valence electrons. The highest BCUT2D eigenvalue weighted by Crippen LogP contribution is 2.36. The maximum atomic E-state index is 10.1. The second-order valence-corrected chi connectivity index (χ2v) is 7.35. The highest BCUT2D eigenvalue weighted by molar-refractivity contribution is 5.84. The average molecular weight is 401 g/mol. The number of hydrogen-bond donors (Lipinski definition) is 4. The third-order valence-corrected chi connectivity index (χ3v) is 5.33. The fourth-order valence-electron chi connectivity index (χ4n) is 3.68. The molecular formula is C22H36N6O. The molecule has 1 aliphatic heterocycles. The number of nitrogens with one attached hydrogen (secondary N) is 2. The van der Waals surface area contributed by atoms with Crippen molar-refractivity contribution in [2.45, 2.75) is 32.0 Å². The molecule has 1 saturated heterocycles. The third kappa shape index (κ3) is 6.59. The summed E-state index contributed by atoms with van der Waals surface area (Å²) in [6.45, 7) is 14.6. The van der Waals surface area contributed by atoms with E-state index in [0.29, 0.717) is 11.7 Å². The quantitative estimate of drug-likeness (QED) is 0.197. The largest absolute Gasteiger partial charge is 0.390 e. The van der Waals surface area contributed by atoms with Crippen LogP contribution in [-0.4, -0.2) is 68.4 Å². The molecule has 0 aromatic heterocycles. The van der Waals surface area contributed by atoms with Gasteiger partial charge >= 0.3 is 0 Å². The summed E-state index contributed by atoms with van der Waals surface area (Å²) in [5.41, 5.74) is 8.88. The lowest BCUT2D eigenvalue weighted by Gasteiger charge is -2.32. The van der Waals surface area contributed by atoms with Crippen LogP contribution in [0.1, 0.15) is 25.3 Å². The van der Waals surface area contributed by atoms with Gasteiger partial charge in [0.05, 0.1) is 23.4 Å². The van der Waals surface area contributed by atoms with E-state index in [4.69, 9.17) is 5.73 Å². The highest BCUT2D eigenvalue weighted by Gasteiger charge is 2.19. The van der Waals surface area contributed by atoms with Gasteiger partial charge in [0.15, 0.2) is 0 Å². The van der Waals surface area contributed by atoms with Gasteiger partial charge < -0.3 is 31.3 Å². The van der Waals surface area contributed by atoms with Crippen molar-refractivity contribution >= 4 is 29.5 Å². The van der Waals surface area contributed by atoms with Crippen LogP contribution in [0.25, 0.3) is 6.08 Å². The summed E-state index contributed by atoms with van der Waals surface area (Å²) in [5, 5.41) is 16.9. The van der Waals surface area contributed by atoms with Crippen LogP contribution in [0.2, 0.25) is 0 Å². The van der Waals surface area contributed by atoms with Gasteiger partial charge in [-0.15, -0.1) is 0 Å². The third-order valence-electron chi connectivity index (χ3n) is 5.33. The lowest BCUT2D eigenvalue weighted by atomic mass is 10.1. The molecule has 0 spiro atoms. The van der Waals surface area contributed by atoms with Gasteiger partial charge in [0.1, 0.15) is 6.23 Å². The van der Waals surface area contributed by atoms with E-state index in [0.717, 1.165) is 49.7 Å². The minimum atomic E-state index is -0.861. The van der Waals surface area contributed by atoms with E-state index in [1.807, 2.05) is 18.2 Å². The van der Waals surface area contributed by atoms with Gasteiger partial charge in [0.2, 0.25) is 0 Å². The van der Waals surface area contributed by atoms with Gasteiger partial charge in [-0.25, -0.2) is 4.99 Å². The van der Waals surface area contributed by atoms with Gasteiger partial charge in [-0.3, -0.25) is 0 Å². The predicted octanol–water partition coefficient (Wildman–Crippen LogP) is 2.37. The molecular weight excluding hydrogens is 364 g/mol. The van der Waals surface area contributed by atoms with E-state index in [-0.39, 0.29) is 0 Å². The Labute approximate surface area is 175 Å². The van der Waals surface area contributed by atoms with Crippen molar-refractivity contribution in [3.05, 3.63) is 36.9 Å². The van der Waals surface area contributed by atoms with Crippen LogP contribution in [0.15, 0.2) is 36.4 Å². The van der Waals surface area contributed by atoms with Crippen molar-refractivity contribution in [1.29, 1.82) is 0 Å². The van der Waals surface area contributed by atoms with Gasteiger partial charge in [0, 0.05) is 31.2 Å². The molecule has 7 heteroatoms. The van der Waals surface area contributed by atoms with E-state index in [2.05, 4.69) is 52.6 Å². The standard InChI is InChI=1S/C22H36N6O/c1-5-17-14-19(25-16-23)15-20(26-21(29)6-2)22(17)28(7-3)13-10-24-18-8-11-27(4)12-9-18/h5-6,14-16,18,21,24,26,29H,1-2,7-13H2,3-4H3,(H2,23,25). The molecule has 7 nitrogen and oxygen atoms in total. The van der Waals surface area contributed by atoms with Gasteiger partial charge in [0.25, 0.3) is 0 Å². The number of hydrogen-bond acceptors (Lipinski definition) is 6. The van der Waals surface area contributed by atoms with Crippen molar-refractivity contribution in [3.63, 3.8) is 0 Å².